The fraction of sp³-hybridized carbons (Fsp3) is 0.200. The van der Waals surface area contributed by atoms with Crippen molar-refractivity contribution in [2.24, 2.45) is 0 Å². The zero-order chi connectivity index (χ0) is 19.6. The van der Waals surface area contributed by atoms with Gasteiger partial charge in [0.15, 0.2) is 0 Å². The number of esters is 1. The van der Waals surface area contributed by atoms with Crippen LogP contribution in [0, 0.1) is 13.8 Å². The number of alkyl halides is 2. The summed E-state index contributed by atoms with van der Waals surface area (Å²) in [6.45, 7) is 0.772. The molecule has 0 saturated carbocycles. The molecule has 0 amide bonds. The number of carbonyl (C=O) groups is 1. The van der Waals surface area contributed by atoms with Gasteiger partial charge in [0, 0.05) is 17.0 Å². The van der Waals surface area contributed by atoms with Crippen LogP contribution in [0.25, 0.3) is 11.0 Å². The number of fused-ring (bicyclic) bond motifs is 1. The van der Waals surface area contributed by atoms with E-state index < -0.39 is 18.2 Å². The molecule has 0 atom stereocenters. The van der Waals surface area contributed by atoms with Crippen LogP contribution >= 0.6 is 0 Å². The molecular formula is C20H16F2O5. The Kier molecular flexibility index (Phi) is 5.21. The van der Waals surface area contributed by atoms with E-state index in [1.807, 2.05) is 19.9 Å². The number of hydrogen-bond acceptors (Lipinski definition) is 5. The van der Waals surface area contributed by atoms with Crippen molar-refractivity contribution in [1.29, 1.82) is 0 Å². The van der Waals surface area contributed by atoms with Gasteiger partial charge >= 0.3 is 18.2 Å². The second-order valence-corrected chi connectivity index (χ2v) is 6.00. The van der Waals surface area contributed by atoms with Crippen LogP contribution in [0.5, 0.6) is 5.75 Å². The van der Waals surface area contributed by atoms with Crippen molar-refractivity contribution in [3.63, 3.8) is 0 Å². The predicted octanol–water partition coefficient (Wildman–Crippen LogP) is 4.37. The zero-order valence-electron chi connectivity index (χ0n) is 14.6. The summed E-state index contributed by atoms with van der Waals surface area (Å²) in [5, 5.41) is 0.686. The van der Waals surface area contributed by atoms with Gasteiger partial charge in [-0.05, 0) is 61.4 Å². The van der Waals surface area contributed by atoms with E-state index in [2.05, 4.69) is 4.74 Å². The Balaban J connectivity index is 1.79. The summed E-state index contributed by atoms with van der Waals surface area (Å²) in [5.41, 5.74) is 2.58. The molecule has 3 rings (SSSR count). The van der Waals surface area contributed by atoms with Crippen LogP contribution in [0.15, 0.2) is 51.7 Å². The lowest BCUT2D eigenvalue weighted by molar-refractivity contribution is -0.0498. The Hall–Kier alpha value is -3.22. The quantitative estimate of drug-likeness (QED) is 0.490. The molecule has 5 nitrogen and oxygen atoms in total. The predicted molar refractivity (Wildman–Crippen MR) is 94.2 cm³/mol. The molecule has 1 aromatic heterocycles. The van der Waals surface area contributed by atoms with E-state index in [-0.39, 0.29) is 17.9 Å². The number of aryl methyl sites for hydroxylation is 2. The van der Waals surface area contributed by atoms with Crippen LogP contribution in [-0.4, -0.2) is 12.6 Å². The Morgan fingerprint density at radius 1 is 1.07 bits per heavy atom. The molecule has 2 aromatic carbocycles. The molecule has 0 N–H and O–H groups in total. The second kappa shape index (κ2) is 7.57. The normalized spacial score (nSPS) is 11.0. The van der Waals surface area contributed by atoms with E-state index in [1.165, 1.54) is 30.3 Å². The molecule has 0 radical (unpaired) electrons. The van der Waals surface area contributed by atoms with Crippen molar-refractivity contribution < 1.29 is 27.5 Å². The SMILES string of the molecule is Cc1cc2oc(=O)cc(COC(=O)c3ccc(OC(F)F)cc3)c2cc1C. The van der Waals surface area contributed by atoms with Crippen LogP contribution in [0.1, 0.15) is 27.0 Å². The highest BCUT2D eigenvalue weighted by atomic mass is 19.3. The summed E-state index contributed by atoms with van der Waals surface area (Å²) in [6, 6.07) is 10.1. The van der Waals surface area contributed by atoms with Crippen molar-refractivity contribution in [3.05, 3.63) is 75.1 Å². The van der Waals surface area contributed by atoms with Crippen LogP contribution in [0.3, 0.4) is 0 Å². The molecule has 0 unspecified atom stereocenters. The second-order valence-electron chi connectivity index (χ2n) is 6.00. The molecule has 0 aliphatic carbocycles. The Bertz CT molecular complexity index is 1040. The Morgan fingerprint density at radius 2 is 1.74 bits per heavy atom. The average Bonchev–Trinajstić information content (AvgIpc) is 2.61. The molecule has 0 aliphatic heterocycles. The summed E-state index contributed by atoms with van der Waals surface area (Å²) in [6.07, 6.45) is 0. The fourth-order valence-electron chi connectivity index (χ4n) is 2.60. The minimum Gasteiger partial charge on any atom is -0.457 e. The van der Waals surface area contributed by atoms with Crippen molar-refractivity contribution in [3.8, 4) is 5.75 Å². The largest absolute Gasteiger partial charge is 0.457 e. The highest BCUT2D eigenvalue weighted by Gasteiger charge is 2.12. The lowest BCUT2D eigenvalue weighted by atomic mass is 10.0. The molecule has 0 bridgehead atoms. The van der Waals surface area contributed by atoms with Crippen molar-refractivity contribution >= 4 is 16.9 Å². The number of rotatable bonds is 5. The molecule has 0 spiro atoms. The molecule has 140 valence electrons. The van der Waals surface area contributed by atoms with E-state index >= 15 is 0 Å². The van der Waals surface area contributed by atoms with E-state index in [9.17, 15) is 18.4 Å². The number of carbonyl (C=O) groups excluding carboxylic acids is 1. The van der Waals surface area contributed by atoms with Gasteiger partial charge in [0.05, 0.1) is 5.56 Å². The van der Waals surface area contributed by atoms with Crippen molar-refractivity contribution in [2.45, 2.75) is 27.1 Å². The van der Waals surface area contributed by atoms with Gasteiger partial charge in [-0.3, -0.25) is 0 Å². The molecule has 0 fully saturated rings. The average molecular weight is 374 g/mol. The van der Waals surface area contributed by atoms with Crippen LogP contribution < -0.4 is 10.4 Å². The number of benzene rings is 2. The lowest BCUT2D eigenvalue weighted by Gasteiger charge is -2.10. The van der Waals surface area contributed by atoms with Gasteiger partial charge in [-0.2, -0.15) is 8.78 Å². The molecule has 7 heteroatoms. The minimum atomic E-state index is -2.94. The molecular weight excluding hydrogens is 358 g/mol. The van der Waals surface area contributed by atoms with Crippen LogP contribution in [-0.2, 0) is 11.3 Å². The molecule has 0 aliphatic rings. The lowest BCUT2D eigenvalue weighted by Crippen LogP contribution is -2.08. The Morgan fingerprint density at radius 3 is 2.41 bits per heavy atom. The van der Waals surface area contributed by atoms with Gasteiger partial charge in [0.2, 0.25) is 0 Å². The molecule has 3 aromatic rings. The van der Waals surface area contributed by atoms with Crippen LogP contribution in [0.4, 0.5) is 8.78 Å². The maximum absolute atomic E-state index is 12.2. The monoisotopic (exact) mass is 374 g/mol. The summed E-state index contributed by atoms with van der Waals surface area (Å²) in [7, 11) is 0. The first-order valence-corrected chi connectivity index (χ1v) is 8.09. The summed E-state index contributed by atoms with van der Waals surface area (Å²) >= 11 is 0. The van der Waals surface area contributed by atoms with E-state index in [4.69, 9.17) is 9.15 Å². The van der Waals surface area contributed by atoms with E-state index in [1.54, 1.807) is 6.07 Å². The standard InChI is InChI=1S/C20H16F2O5/c1-11-7-16-14(9-18(23)27-17(16)8-12(11)2)10-25-19(24)13-3-5-15(6-4-13)26-20(21)22/h3-9,20H,10H2,1-2H3. The van der Waals surface area contributed by atoms with Crippen molar-refractivity contribution in [2.75, 3.05) is 0 Å². The summed E-state index contributed by atoms with van der Waals surface area (Å²) in [5.74, 6) is -0.706. The van der Waals surface area contributed by atoms with Crippen molar-refractivity contribution in [1.82, 2.24) is 0 Å². The van der Waals surface area contributed by atoms with Gasteiger partial charge in [-0.15, -0.1) is 0 Å². The minimum absolute atomic E-state index is 0.0564. The number of ether oxygens (including phenoxy) is 2. The van der Waals surface area contributed by atoms with Gasteiger partial charge < -0.3 is 13.9 Å². The van der Waals surface area contributed by atoms with Gasteiger partial charge in [0.1, 0.15) is 17.9 Å². The third-order valence-corrected chi connectivity index (χ3v) is 4.12. The smallest absolute Gasteiger partial charge is 0.387 e. The molecule has 27 heavy (non-hydrogen) atoms. The maximum atomic E-state index is 12.2. The highest BCUT2D eigenvalue weighted by Crippen LogP contribution is 2.23. The number of hydrogen-bond donors (Lipinski definition) is 0. The van der Waals surface area contributed by atoms with Gasteiger partial charge in [-0.1, -0.05) is 0 Å². The summed E-state index contributed by atoms with van der Waals surface area (Å²) in [4.78, 5) is 23.9. The topological polar surface area (TPSA) is 65.7 Å². The van der Waals surface area contributed by atoms with E-state index in [0.717, 1.165) is 11.1 Å². The third-order valence-electron chi connectivity index (χ3n) is 4.12. The first-order chi connectivity index (χ1) is 12.8. The van der Waals surface area contributed by atoms with Crippen LogP contribution in [0.2, 0.25) is 0 Å². The third kappa shape index (κ3) is 4.31. The highest BCUT2D eigenvalue weighted by molar-refractivity contribution is 5.90. The first kappa shape index (κ1) is 18.6. The zero-order valence-corrected chi connectivity index (χ0v) is 14.6. The Labute approximate surface area is 153 Å². The number of halogens is 2. The fourth-order valence-corrected chi connectivity index (χ4v) is 2.60. The van der Waals surface area contributed by atoms with Gasteiger partial charge in [0.25, 0.3) is 0 Å². The maximum Gasteiger partial charge on any atom is 0.387 e. The molecule has 1 heterocycles. The molecule has 0 saturated heterocycles. The van der Waals surface area contributed by atoms with Gasteiger partial charge in [-0.25, -0.2) is 9.59 Å². The summed E-state index contributed by atoms with van der Waals surface area (Å²) < 4.78 is 39.0. The van der Waals surface area contributed by atoms with E-state index in [0.29, 0.717) is 16.5 Å². The first-order valence-electron chi connectivity index (χ1n) is 8.09.